The third-order valence-electron chi connectivity index (χ3n) is 4.42. The quantitative estimate of drug-likeness (QED) is 0.495. The van der Waals surface area contributed by atoms with E-state index in [0.717, 1.165) is 22.4 Å². The minimum atomic E-state index is -3.42. The summed E-state index contributed by atoms with van der Waals surface area (Å²) in [6.45, 7) is 7.15. The average molecular weight is 433 g/mol. The number of guanidine groups is 1. The number of hydrogen-bond donors (Lipinski definition) is 2. The minimum absolute atomic E-state index is 0.0993. The van der Waals surface area contributed by atoms with Crippen LogP contribution in [-0.2, 0) is 23.1 Å². The molecule has 0 aliphatic carbocycles. The van der Waals surface area contributed by atoms with E-state index in [9.17, 15) is 8.42 Å². The number of nitrogens with zero attached hydrogens (tertiary/aromatic N) is 2. The van der Waals surface area contributed by atoms with E-state index < -0.39 is 10.0 Å². The molecule has 0 atom stereocenters. The smallest absolute Gasteiger partial charge is 0.242 e. The Labute approximate surface area is 180 Å². The highest BCUT2D eigenvalue weighted by Crippen LogP contribution is 2.21. The van der Waals surface area contributed by atoms with E-state index in [0.29, 0.717) is 19.0 Å². The SMILES string of the molecule is CN=C(NCc1ccc(S(=O)(=O)N(C)C)cc1)NCc1ccc(C)cc1OC(C)C. The van der Waals surface area contributed by atoms with Gasteiger partial charge in [-0.05, 0) is 50.1 Å². The van der Waals surface area contributed by atoms with Crippen LogP contribution in [0.15, 0.2) is 52.4 Å². The molecular formula is C22H32N4O3S. The van der Waals surface area contributed by atoms with Crippen molar-refractivity contribution >= 4 is 16.0 Å². The maximum absolute atomic E-state index is 12.2. The molecule has 0 aromatic heterocycles. The minimum Gasteiger partial charge on any atom is -0.491 e. The Morgan fingerprint density at radius 3 is 2.27 bits per heavy atom. The Morgan fingerprint density at radius 2 is 1.70 bits per heavy atom. The summed E-state index contributed by atoms with van der Waals surface area (Å²) in [4.78, 5) is 4.53. The zero-order valence-corrected chi connectivity index (χ0v) is 19.4. The normalized spacial score (nSPS) is 12.3. The Morgan fingerprint density at radius 1 is 1.07 bits per heavy atom. The second kappa shape index (κ2) is 10.4. The molecule has 0 bridgehead atoms. The summed E-state index contributed by atoms with van der Waals surface area (Å²) in [6.07, 6.45) is 0.0993. The molecule has 30 heavy (non-hydrogen) atoms. The van der Waals surface area contributed by atoms with Crippen molar-refractivity contribution in [2.45, 2.75) is 44.9 Å². The fourth-order valence-corrected chi connectivity index (χ4v) is 3.65. The van der Waals surface area contributed by atoms with Crippen LogP contribution in [-0.4, -0.2) is 45.9 Å². The van der Waals surface area contributed by atoms with E-state index in [-0.39, 0.29) is 11.0 Å². The summed E-state index contributed by atoms with van der Waals surface area (Å²) in [6, 6.07) is 13.0. The van der Waals surface area contributed by atoms with Crippen LogP contribution in [0.4, 0.5) is 0 Å². The van der Waals surface area contributed by atoms with E-state index in [1.165, 1.54) is 18.4 Å². The van der Waals surface area contributed by atoms with Crippen LogP contribution in [0.3, 0.4) is 0 Å². The molecule has 2 aromatic carbocycles. The number of rotatable bonds is 8. The van der Waals surface area contributed by atoms with Gasteiger partial charge >= 0.3 is 0 Å². The number of benzene rings is 2. The highest BCUT2D eigenvalue weighted by atomic mass is 32.2. The molecule has 2 rings (SSSR count). The molecule has 0 spiro atoms. The van der Waals surface area contributed by atoms with Crippen molar-refractivity contribution in [3.63, 3.8) is 0 Å². The van der Waals surface area contributed by atoms with Crippen molar-refractivity contribution in [2.24, 2.45) is 4.99 Å². The average Bonchev–Trinajstić information content (AvgIpc) is 2.69. The van der Waals surface area contributed by atoms with Crippen LogP contribution in [0.25, 0.3) is 0 Å². The second-order valence-corrected chi connectivity index (χ2v) is 9.64. The van der Waals surface area contributed by atoms with Gasteiger partial charge in [0.15, 0.2) is 5.96 Å². The molecule has 0 aliphatic rings. The van der Waals surface area contributed by atoms with Gasteiger partial charge in [0, 0.05) is 39.8 Å². The molecule has 0 fully saturated rings. The van der Waals surface area contributed by atoms with Crippen LogP contribution in [0.5, 0.6) is 5.75 Å². The van der Waals surface area contributed by atoms with Gasteiger partial charge in [0.05, 0.1) is 11.0 Å². The number of sulfonamides is 1. The first kappa shape index (κ1) is 23.7. The van der Waals surface area contributed by atoms with Crippen LogP contribution < -0.4 is 15.4 Å². The Kier molecular flexibility index (Phi) is 8.25. The number of nitrogens with one attached hydrogen (secondary N) is 2. The third kappa shape index (κ3) is 6.47. The van der Waals surface area contributed by atoms with Gasteiger partial charge in [-0.2, -0.15) is 0 Å². The van der Waals surface area contributed by atoms with Crippen LogP contribution in [0.2, 0.25) is 0 Å². The first-order valence-corrected chi connectivity index (χ1v) is 11.3. The first-order chi connectivity index (χ1) is 14.1. The summed E-state index contributed by atoms with van der Waals surface area (Å²) in [5, 5.41) is 6.54. The summed E-state index contributed by atoms with van der Waals surface area (Å²) in [7, 11) is 1.33. The lowest BCUT2D eigenvalue weighted by molar-refractivity contribution is 0.239. The predicted octanol–water partition coefficient (Wildman–Crippen LogP) is 2.90. The lowest BCUT2D eigenvalue weighted by Gasteiger charge is -2.17. The molecule has 0 unspecified atom stereocenters. The number of aliphatic imine (C=N–C) groups is 1. The van der Waals surface area contributed by atoms with Gasteiger partial charge in [-0.1, -0.05) is 24.3 Å². The van der Waals surface area contributed by atoms with Crippen LogP contribution in [0, 0.1) is 6.92 Å². The molecule has 0 amide bonds. The van der Waals surface area contributed by atoms with Crippen molar-refractivity contribution in [1.82, 2.24) is 14.9 Å². The van der Waals surface area contributed by atoms with Crippen molar-refractivity contribution in [3.05, 3.63) is 59.2 Å². The van der Waals surface area contributed by atoms with Gasteiger partial charge in [-0.25, -0.2) is 12.7 Å². The lowest BCUT2D eigenvalue weighted by atomic mass is 10.1. The molecule has 2 N–H and O–H groups in total. The molecule has 0 heterocycles. The fraction of sp³-hybridized carbons (Fsp3) is 0.409. The van der Waals surface area contributed by atoms with E-state index >= 15 is 0 Å². The molecule has 7 nitrogen and oxygen atoms in total. The van der Waals surface area contributed by atoms with Crippen LogP contribution >= 0.6 is 0 Å². The highest BCUT2D eigenvalue weighted by molar-refractivity contribution is 7.89. The summed E-state index contributed by atoms with van der Waals surface area (Å²) in [5.74, 6) is 1.52. The zero-order valence-electron chi connectivity index (χ0n) is 18.6. The van der Waals surface area contributed by atoms with Gasteiger partial charge < -0.3 is 15.4 Å². The van der Waals surface area contributed by atoms with Gasteiger partial charge in [-0.3, -0.25) is 4.99 Å². The van der Waals surface area contributed by atoms with E-state index in [1.54, 1.807) is 31.3 Å². The Bertz CT molecular complexity index is 968. The van der Waals surface area contributed by atoms with E-state index in [1.807, 2.05) is 26.8 Å². The predicted molar refractivity (Wildman–Crippen MR) is 121 cm³/mol. The van der Waals surface area contributed by atoms with E-state index in [4.69, 9.17) is 4.74 Å². The van der Waals surface area contributed by atoms with Gasteiger partial charge in [0.25, 0.3) is 0 Å². The number of hydrogen-bond acceptors (Lipinski definition) is 4. The monoisotopic (exact) mass is 432 g/mol. The van der Waals surface area contributed by atoms with Gasteiger partial charge in [0.1, 0.15) is 5.75 Å². The lowest BCUT2D eigenvalue weighted by Crippen LogP contribution is -2.36. The fourth-order valence-electron chi connectivity index (χ4n) is 2.75. The Balaban J connectivity index is 1.98. The molecule has 0 radical (unpaired) electrons. The molecule has 8 heteroatoms. The van der Waals surface area contributed by atoms with Crippen molar-refractivity contribution in [2.75, 3.05) is 21.1 Å². The molecule has 0 saturated heterocycles. The van der Waals surface area contributed by atoms with Crippen molar-refractivity contribution in [1.29, 1.82) is 0 Å². The topological polar surface area (TPSA) is 83.0 Å². The highest BCUT2D eigenvalue weighted by Gasteiger charge is 2.16. The van der Waals surface area contributed by atoms with Gasteiger partial charge in [0.2, 0.25) is 10.0 Å². The third-order valence-corrected chi connectivity index (χ3v) is 6.25. The molecule has 2 aromatic rings. The van der Waals surface area contributed by atoms with Gasteiger partial charge in [-0.15, -0.1) is 0 Å². The second-order valence-electron chi connectivity index (χ2n) is 7.49. The largest absolute Gasteiger partial charge is 0.491 e. The Hall–Kier alpha value is -2.58. The maximum atomic E-state index is 12.2. The molecule has 0 aliphatic heterocycles. The van der Waals surface area contributed by atoms with Crippen molar-refractivity contribution < 1.29 is 13.2 Å². The number of ether oxygens (including phenoxy) is 1. The van der Waals surface area contributed by atoms with E-state index in [2.05, 4.69) is 27.8 Å². The number of aryl methyl sites for hydroxylation is 1. The molecule has 0 saturated carbocycles. The van der Waals surface area contributed by atoms with Crippen LogP contribution in [0.1, 0.15) is 30.5 Å². The summed E-state index contributed by atoms with van der Waals surface area (Å²) < 4.78 is 31.5. The summed E-state index contributed by atoms with van der Waals surface area (Å²) in [5.41, 5.74) is 3.15. The zero-order chi connectivity index (χ0) is 22.3. The standard InChI is InChI=1S/C22H32N4O3S/c1-16(2)29-21-13-17(3)7-10-19(21)15-25-22(23-4)24-14-18-8-11-20(12-9-18)30(27,28)26(5)6/h7-13,16H,14-15H2,1-6H3,(H2,23,24,25). The molecule has 164 valence electrons. The van der Waals surface area contributed by atoms with Crippen molar-refractivity contribution in [3.8, 4) is 5.75 Å². The molecular weight excluding hydrogens is 400 g/mol. The first-order valence-electron chi connectivity index (χ1n) is 9.85. The maximum Gasteiger partial charge on any atom is 0.242 e. The summed E-state index contributed by atoms with van der Waals surface area (Å²) >= 11 is 0.